The van der Waals surface area contributed by atoms with Crippen molar-refractivity contribution in [3.63, 3.8) is 0 Å². The minimum atomic E-state index is -0.649. The fourth-order valence-corrected chi connectivity index (χ4v) is 4.59. The maximum atomic E-state index is 13.0. The number of nitrogens with zero attached hydrogens (tertiary/aromatic N) is 1. The molecule has 1 atom stereocenters. The third-order valence-corrected chi connectivity index (χ3v) is 6.47. The molecule has 1 unspecified atom stereocenters. The highest BCUT2D eigenvalue weighted by molar-refractivity contribution is 5.92. The first-order valence-corrected chi connectivity index (χ1v) is 12.5. The number of methoxy groups -OCH3 is 3. The third-order valence-electron chi connectivity index (χ3n) is 6.47. The summed E-state index contributed by atoms with van der Waals surface area (Å²) in [5, 5.41) is 9.95. The van der Waals surface area contributed by atoms with Gasteiger partial charge in [0, 0.05) is 11.6 Å². The molecular weight excluding hydrogens is 524 g/mol. The normalized spacial score (nSPS) is 13.8. The number of allylic oxidation sites excluding steroid dienone is 1. The lowest BCUT2D eigenvalue weighted by Crippen LogP contribution is -2.21. The lowest BCUT2D eigenvalue weighted by Gasteiger charge is -2.27. The predicted molar refractivity (Wildman–Crippen MR) is 150 cm³/mol. The fourth-order valence-electron chi connectivity index (χ4n) is 4.59. The molecule has 4 aromatic rings. The van der Waals surface area contributed by atoms with Crippen LogP contribution in [-0.4, -0.2) is 27.3 Å². The molecule has 41 heavy (non-hydrogen) atoms. The van der Waals surface area contributed by atoms with Crippen molar-refractivity contribution in [1.29, 1.82) is 5.26 Å². The molecule has 0 fully saturated rings. The number of hydrogen-bond donors (Lipinski definition) is 1. The maximum absolute atomic E-state index is 13.0. The fraction of sp³-hybridized carbons (Fsp3) is 0.125. The number of carbonyl (C=O) groups is 1. The summed E-state index contributed by atoms with van der Waals surface area (Å²) in [6, 6.07) is 26.9. The average Bonchev–Trinajstić information content (AvgIpc) is 3.00. The van der Waals surface area contributed by atoms with Crippen LogP contribution in [0.3, 0.4) is 0 Å². The van der Waals surface area contributed by atoms with Crippen LogP contribution in [0.15, 0.2) is 96.4 Å². The first-order valence-electron chi connectivity index (χ1n) is 12.5. The molecule has 0 radical (unpaired) electrons. The topological polar surface area (TPSA) is 122 Å². The van der Waals surface area contributed by atoms with E-state index in [1.807, 2.05) is 54.6 Å². The van der Waals surface area contributed by atoms with E-state index in [4.69, 9.17) is 34.2 Å². The molecule has 9 nitrogen and oxygen atoms in total. The number of nitriles is 1. The average molecular weight is 551 g/mol. The summed E-state index contributed by atoms with van der Waals surface area (Å²) < 4.78 is 33.4. The van der Waals surface area contributed by atoms with E-state index < -0.39 is 11.9 Å². The van der Waals surface area contributed by atoms with Crippen molar-refractivity contribution >= 4 is 5.97 Å². The summed E-state index contributed by atoms with van der Waals surface area (Å²) in [7, 11) is 4.39. The Kier molecular flexibility index (Phi) is 7.65. The molecule has 5 rings (SSSR count). The van der Waals surface area contributed by atoms with Crippen molar-refractivity contribution in [3.05, 3.63) is 113 Å². The lowest BCUT2D eigenvalue weighted by atomic mass is 9.83. The van der Waals surface area contributed by atoms with Gasteiger partial charge >= 0.3 is 5.97 Å². The summed E-state index contributed by atoms with van der Waals surface area (Å²) in [5.41, 5.74) is 8.10. The standard InChI is InChI=1S/C32H26N2O7/c1-36-27-15-20(16-28(37-2)30(27)38-3)32(35)40-23-12-13-24-26(17-23)41-31(34)25(18-33)29(24)19-8-7-11-22(14-19)39-21-9-5-4-6-10-21/h4-17,29H,34H2,1-3H3. The van der Waals surface area contributed by atoms with Gasteiger partial charge in [-0.25, -0.2) is 4.79 Å². The second kappa shape index (κ2) is 11.6. The van der Waals surface area contributed by atoms with Crippen LogP contribution in [0.5, 0.6) is 40.2 Å². The highest BCUT2D eigenvalue weighted by Crippen LogP contribution is 2.44. The Labute approximate surface area is 236 Å². The van der Waals surface area contributed by atoms with Crippen molar-refractivity contribution in [3.8, 4) is 46.3 Å². The zero-order chi connectivity index (χ0) is 28.9. The number of nitrogens with two attached hydrogens (primary N) is 1. The first-order chi connectivity index (χ1) is 19.9. The number of ether oxygens (including phenoxy) is 6. The van der Waals surface area contributed by atoms with E-state index in [1.54, 1.807) is 18.2 Å². The summed E-state index contributed by atoms with van der Waals surface area (Å²) in [5.74, 6) is 1.64. The molecule has 0 bridgehead atoms. The number of fused-ring (bicyclic) bond motifs is 1. The van der Waals surface area contributed by atoms with Gasteiger partial charge in [0.05, 0.1) is 32.8 Å². The van der Waals surface area contributed by atoms with Gasteiger partial charge in [-0.3, -0.25) is 0 Å². The van der Waals surface area contributed by atoms with E-state index >= 15 is 0 Å². The number of rotatable bonds is 8. The van der Waals surface area contributed by atoms with Crippen molar-refractivity contribution in [1.82, 2.24) is 0 Å². The molecule has 0 saturated carbocycles. The number of esters is 1. The van der Waals surface area contributed by atoms with Crippen LogP contribution in [-0.2, 0) is 0 Å². The lowest BCUT2D eigenvalue weighted by molar-refractivity contribution is 0.0733. The van der Waals surface area contributed by atoms with Crippen LogP contribution < -0.4 is 34.2 Å². The largest absolute Gasteiger partial charge is 0.493 e. The van der Waals surface area contributed by atoms with Crippen LogP contribution in [0.2, 0.25) is 0 Å². The molecule has 0 spiro atoms. The second-order valence-electron chi connectivity index (χ2n) is 8.92. The van der Waals surface area contributed by atoms with Gasteiger partial charge in [-0.05, 0) is 48.0 Å². The SMILES string of the molecule is COc1cc(C(=O)Oc2ccc3c(c2)OC(N)=C(C#N)C3c2cccc(Oc3ccccc3)c2)cc(OC)c1OC. The highest BCUT2D eigenvalue weighted by atomic mass is 16.5. The molecule has 2 N–H and O–H groups in total. The van der Waals surface area contributed by atoms with E-state index in [9.17, 15) is 10.1 Å². The molecule has 0 saturated heterocycles. The summed E-state index contributed by atoms with van der Waals surface area (Å²) in [6.07, 6.45) is 0. The van der Waals surface area contributed by atoms with E-state index in [-0.39, 0.29) is 22.8 Å². The maximum Gasteiger partial charge on any atom is 0.343 e. The van der Waals surface area contributed by atoms with Gasteiger partial charge in [-0.2, -0.15) is 5.26 Å². The Morgan fingerprint density at radius 1 is 0.829 bits per heavy atom. The first kappa shape index (κ1) is 27.0. The Morgan fingerprint density at radius 3 is 2.20 bits per heavy atom. The van der Waals surface area contributed by atoms with Crippen LogP contribution in [0.1, 0.15) is 27.4 Å². The highest BCUT2D eigenvalue weighted by Gasteiger charge is 2.31. The molecule has 206 valence electrons. The van der Waals surface area contributed by atoms with Gasteiger partial charge in [-0.15, -0.1) is 0 Å². The van der Waals surface area contributed by atoms with Gasteiger partial charge in [0.2, 0.25) is 11.6 Å². The number of benzene rings is 4. The van der Waals surface area contributed by atoms with E-state index in [2.05, 4.69) is 6.07 Å². The summed E-state index contributed by atoms with van der Waals surface area (Å²) in [4.78, 5) is 13.0. The zero-order valence-corrected chi connectivity index (χ0v) is 22.5. The Balaban J connectivity index is 1.45. The van der Waals surface area contributed by atoms with Crippen molar-refractivity contribution in [2.75, 3.05) is 21.3 Å². The van der Waals surface area contributed by atoms with E-state index in [1.165, 1.54) is 33.5 Å². The van der Waals surface area contributed by atoms with E-state index in [0.29, 0.717) is 40.1 Å². The molecule has 9 heteroatoms. The molecular formula is C32H26N2O7. The number of carbonyl (C=O) groups excluding carboxylic acids is 1. The molecule has 1 heterocycles. The van der Waals surface area contributed by atoms with Crippen molar-refractivity contribution in [2.45, 2.75) is 5.92 Å². The van der Waals surface area contributed by atoms with Gasteiger partial charge in [0.15, 0.2) is 11.5 Å². The van der Waals surface area contributed by atoms with Gasteiger partial charge in [0.1, 0.15) is 34.6 Å². The molecule has 1 aliphatic rings. The monoisotopic (exact) mass is 550 g/mol. The quantitative estimate of drug-likeness (QED) is 0.210. The Morgan fingerprint density at radius 2 is 1.54 bits per heavy atom. The minimum absolute atomic E-state index is 0.0347. The van der Waals surface area contributed by atoms with Gasteiger partial charge in [0.25, 0.3) is 0 Å². The van der Waals surface area contributed by atoms with Crippen LogP contribution in [0, 0.1) is 11.3 Å². The summed E-state index contributed by atoms with van der Waals surface area (Å²) in [6.45, 7) is 0. The van der Waals surface area contributed by atoms with Crippen molar-refractivity contribution in [2.24, 2.45) is 5.73 Å². The van der Waals surface area contributed by atoms with Gasteiger partial charge < -0.3 is 34.2 Å². The predicted octanol–water partition coefficient (Wildman–Crippen LogP) is 5.94. The third kappa shape index (κ3) is 5.44. The zero-order valence-electron chi connectivity index (χ0n) is 22.5. The minimum Gasteiger partial charge on any atom is -0.493 e. The van der Waals surface area contributed by atoms with E-state index in [0.717, 1.165) is 5.56 Å². The second-order valence-corrected chi connectivity index (χ2v) is 8.92. The molecule has 0 aliphatic carbocycles. The smallest absolute Gasteiger partial charge is 0.343 e. The molecule has 0 amide bonds. The van der Waals surface area contributed by atoms with Crippen molar-refractivity contribution < 1.29 is 33.2 Å². The number of hydrogen-bond acceptors (Lipinski definition) is 9. The Bertz CT molecular complexity index is 1650. The molecule has 1 aliphatic heterocycles. The van der Waals surface area contributed by atoms with Crippen LogP contribution in [0.4, 0.5) is 0 Å². The van der Waals surface area contributed by atoms with Gasteiger partial charge in [-0.1, -0.05) is 36.4 Å². The van der Waals surface area contributed by atoms with Crippen LogP contribution in [0.25, 0.3) is 0 Å². The number of para-hydroxylation sites is 1. The van der Waals surface area contributed by atoms with Crippen LogP contribution >= 0.6 is 0 Å². The molecule has 0 aromatic heterocycles. The molecule has 4 aromatic carbocycles. The Hall–Kier alpha value is -5.62. The summed E-state index contributed by atoms with van der Waals surface area (Å²) >= 11 is 0.